The van der Waals surface area contributed by atoms with Gasteiger partial charge in [0.2, 0.25) is 0 Å². The minimum Gasteiger partial charge on any atom is -0.504 e. The van der Waals surface area contributed by atoms with E-state index in [1.54, 1.807) is 19.4 Å². The van der Waals surface area contributed by atoms with Crippen LogP contribution in [0.15, 0.2) is 30.6 Å². The number of nitrogens with one attached hydrogen (secondary N) is 2. The number of H-pyrrole nitrogens is 1. The van der Waals surface area contributed by atoms with Gasteiger partial charge in [-0.05, 0) is 24.6 Å². The number of aromatic hydroxyl groups is 1. The zero-order valence-electron chi connectivity index (χ0n) is 10.5. The zero-order valence-corrected chi connectivity index (χ0v) is 10.5. The third kappa shape index (κ3) is 2.81. The maximum atomic E-state index is 9.54. The first-order valence-corrected chi connectivity index (χ1v) is 5.78. The fourth-order valence-corrected chi connectivity index (χ4v) is 1.73. The molecule has 0 bridgehead atoms. The zero-order chi connectivity index (χ0) is 13.0. The van der Waals surface area contributed by atoms with Gasteiger partial charge >= 0.3 is 0 Å². The number of ether oxygens (including phenoxy) is 1. The summed E-state index contributed by atoms with van der Waals surface area (Å²) in [6.07, 6.45) is 3.65. The van der Waals surface area contributed by atoms with Crippen molar-refractivity contribution in [1.82, 2.24) is 15.5 Å². The fraction of sp³-hybridized carbons (Fsp3) is 0.308. The third-order valence-electron chi connectivity index (χ3n) is 2.87. The molecule has 1 aromatic carbocycles. The van der Waals surface area contributed by atoms with Crippen LogP contribution >= 0.6 is 0 Å². The van der Waals surface area contributed by atoms with Crippen molar-refractivity contribution in [2.45, 2.75) is 19.5 Å². The molecular formula is C13H17N3O2. The van der Waals surface area contributed by atoms with E-state index in [0.717, 1.165) is 17.7 Å². The minimum atomic E-state index is 0.156. The summed E-state index contributed by atoms with van der Waals surface area (Å²) < 4.78 is 5.09. The van der Waals surface area contributed by atoms with E-state index in [-0.39, 0.29) is 11.8 Å². The molecule has 0 saturated carbocycles. The SMILES string of the molecule is COc1cc(C(C)NCc2cn[nH]c2)ccc1O. The molecule has 0 spiro atoms. The molecule has 2 aromatic rings. The predicted molar refractivity (Wildman–Crippen MR) is 68.5 cm³/mol. The van der Waals surface area contributed by atoms with Gasteiger partial charge in [-0.15, -0.1) is 0 Å². The topological polar surface area (TPSA) is 70.2 Å². The fourth-order valence-electron chi connectivity index (χ4n) is 1.73. The molecule has 3 N–H and O–H groups in total. The van der Waals surface area contributed by atoms with Gasteiger partial charge in [-0.2, -0.15) is 5.10 Å². The van der Waals surface area contributed by atoms with Crippen LogP contribution in [0.4, 0.5) is 0 Å². The predicted octanol–water partition coefficient (Wildman–Crippen LogP) is 1.97. The van der Waals surface area contributed by atoms with Crippen molar-refractivity contribution in [3.05, 3.63) is 41.7 Å². The molecule has 1 aromatic heterocycles. The van der Waals surface area contributed by atoms with Crippen LogP contribution in [0.5, 0.6) is 11.5 Å². The molecular weight excluding hydrogens is 230 g/mol. The van der Waals surface area contributed by atoms with E-state index in [9.17, 15) is 5.11 Å². The number of rotatable bonds is 5. The molecule has 96 valence electrons. The average molecular weight is 247 g/mol. The smallest absolute Gasteiger partial charge is 0.160 e. The summed E-state index contributed by atoms with van der Waals surface area (Å²) in [6.45, 7) is 2.80. The van der Waals surface area contributed by atoms with Crippen LogP contribution in [0, 0.1) is 0 Å². The monoisotopic (exact) mass is 247 g/mol. The van der Waals surface area contributed by atoms with Crippen molar-refractivity contribution >= 4 is 0 Å². The number of aromatic nitrogens is 2. The van der Waals surface area contributed by atoms with E-state index in [2.05, 4.69) is 22.4 Å². The van der Waals surface area contributed by atoms with Crippen LogP contribution in [-0.4, -0.2) is 22.4 Å². The van der Waals surface area contributed by atoms with Crippen LogP contribution in [-0.2, 0) is 6.54 Å². The van der Waals surface area contributed by atoms with Gasteiger partial charge in [-0.1, -0.05) is 6.07 Å². The van der Waals surface area contributed by atoms with Gasteiger partial charge in [-0.3, -0.25) is 5.10 Å². The Kier molecular flexibility index (Phi) is 3.84. The maximum absolute atomic E-state index is 9.54. The Morgan fingerprint density at radius 3 is 3.00 bits per heavy atom. The molecule has 0 amide bonds. The van der Waals surface area contributed by atoms with Crippen molar-refractivity contribution in [3.63, 3.8) is 0 Å². The van der Waals surface area contributed by atoms with Crippen molar-refractivity contribution < 1.29 is 9.84 Å². The Hall–Kier alpha value is -2.01. The van der Waals surface area contributed by atoms with Gasteiger partial charge in [0, 0.05) is 24.3 Å². The molecule has 0 aliphatic rings. The van der Waals surface area contributed by atoms with Crippen molar-refractivity contribution in [2.24, 2.45) is 0 Å². The maximum Gasteiger partial charge on any atom is 0.160 e. The first-order chi connectivity index (χ1) is 8.70. The normalized spacial score (nSPS) is 12.3. The molecule has 1 atom stereocenters. The summed E-state index contributed by atoms with van der Waals surface area (Å²) in [5.74, 6) is 0.646. The molecule has 18 heavy (non-hydrogen) atoms. The van der Waals surface area contributed by atoms with Crippen LogP contribution in [0.3, 0.4) is 0 Å². The van der Waals surface area contributed by atoms with Crippen molar-refractivity contribution in [1.29, 1.82) is 0 Å². The quantitative estimate of drug-likeness (QED) is 0.755. The largest absolute Gasteiger partial charge is 0.504 e. The highest BCUT2D eigenvalue weighted by Gasteiger charge is 2.09. The molecule has 5 heteroatoms. The molecule has 2 rings (SSSR count). The lowest BCUT2D eigenvalue weighted by atomic mass is 10.1. The molecule has 0 radical (unpaired) electrons. The summed E-state index contributed by atoms with van der Waals surface area (Å²) in [7, 11) is 1.54. The molecule has 0 aliphatic heterocycles. The number of benzene rings is 1. The van der Waals surface area contributed by atoms with E-state index >= 15 is 0 Å². The Morgan fingerprint density at radius 2 is 2.33 bits per heavy atom. The Morgan fingerprint density at radius 1 is 1.50 bits per heavy atom. The van der Waals surface area contributed by atoms with Gasteiger partial charge in [0.15, 0.2) is 11.5 Å². The molecule has 5 nitrogen and oxygen atoms in total. The lowest BCUT2D eigenvalue weighted by molar-refractivity contribution is 0.372. The average Bonchev–Trinajstić information content (AvgIpc) is 2.89. The summed E-state index contributed by atoms with van der Waals surface area (Å²) >= 11 is 0. The number of hydrogen-bond donors (Lipinski definition) is 3. The van der Waals surface area contributed by atoms with Gasteiger partial charge < -0.3 is 15.2 Å². The molecule has 0 saturated heterocycles. The summed E-state index contributed by atoms with van der Waals surface area (Å²) in [4.78, 5) is 0. The van der Waals surface area contributed by atoms with Gasteiger partial charge in [0.1, 0.15) is 0 Å². The van der Waals surface area contributed by atoms with Crippen molar-refractivity contribution in [2.75, 3.05) is 7.11 Å². The number of nitrogens with zero attached hydrogens (tertiary/aromatic N) is 1. The highest BCUT2D eigenvalue weighted by Crippen LogP contribution is 2.28. The Balaban J connectivity index is 2.02. The van der Waals surface area contributed by atoms with E-state index in [0.29, 0.717) is 5.75 Å². The number of hydrogen-bond acceptors (Lipinski definition) is 4. The van der Waals surface area contributed by atoms with Gasteiger partial charge in [0.05, 0.1) is 13.3 Å². The number of aromatic amines is 1. The van der Waals surface area contributed by atoms with E-state index in [4.69, 9.17) is 4.74 Å². The summed E-state index contributed by atoms with van der Waals surface area (Å²) in [6, 6.07) is 5.52. The van der Waals surface area contributed by atoms with Gasteiger partial charge in [-0.25, -0.2) is 0 Å². The molecule has 0 fully saturated rings. The Bertz CT molecular complexity index is 497. The third-order valence-corrected chi connectivity index (χ3v) is 2.87. The number of phenolic OH excluding ortho intramolecular Hbond substituents is 1. The lowest BCUT2D eigenvalue weighted by Crippen LogP contribution is -2.17. The van der Waals surface area contributed by atoms with Crippen LogP contribution in [0.1, 0.15) is 24.1 Å². The number of methoxy groups -OCH3 is 1. The minimum absolute atomic E-state index is 0.156. The second kappa shape index (κ2) is 5.55. The van der Waals surface area contributed by atoms with Crippen LogP contribution in [0.2, 0.25) is 0 Å². The lowest BCUT2D eigenvalue weighted by Gasteiger charge is -2.15. The van der Waals surface area contributed by atoms with E-state index in [1.807, 2.05) is 18.3 Å². The molecule has 1 heterocycles. The molecule has 0 aliphatic carbocycles. The second-order valence-electron chi connectivity index (χ2n) is 4.14. The van der Waals surface area contributed by atoms with E-state index < -0.39 is 0 Å². The second-order valence-corrected chi connectivity index (χ2v) is 4.14. The summed E-state index contributed by atoms with van der Waals surface area (Å²) in [5.41, 5.74) is 2.17. The van der Waals surface area contributed by atoms with Crippen LogP contribution in [0.25, 0.3) is 0 Å². The highest BCUT2D eigenvalue weighted by atomic mass is 16.5. The van der Waals surface area contributed by atoms with Gasteiger partial charge in [0.25, 0.3) is 0 Å². The number of phenols is 1. The van der Waals surface area contributed by atoms with Crippen LogP contribution < -0.4 is 10.1 Å². The van der Waals surface area contributed by atoms with E-state index in [1.165, 1.54) is 0 Å². The molecule has 1 unspecified atom stereocenters. The first-order valence-electron chi connectivity index (χ1n) is 5.78. The van der Waals surface area contributed by atoms with Crippen molar-refractivity contribution in [3.8, 4) is 11.5 Å². The first kappa shape index (κ1) is 12.4. The highest BCUT2D eigenvalue weighted by molar-refractivity contribution is 5.42. The summed E-state index contributed by atoms with van der Waals surface area (Å²) in [5, 5.41) is 19.6. The standard InChI is InChI=1S/C13H17N3O2/c1-9(14-6-10-7-15-16-8-10)11-3-4-12(17)13(5-11)18-2/h3-5,7-9,14,17H,6H2,1-2H3,(H,15,16). The Labute approximate surface area is 106 Å².